The Morgan fingerprint density at radius 1 is 1.43 bits per heavy atom. The molecule has 2 aromatic rings. The van der Waals surface area contributed by atoms with Crippen LogP contribution in [0.3, 0.4) is 0 Å². The number of carboxylic acid groups (broad SMARTS) is 1. The fourth-order valence-electron chi connectivity index (χ4n) is 2.89. The molecule has 5 nitrogen and oxygen atoms in total. The average molecular weight is 318 g/mol. The molecule has 3 rings (SSSR count). The molecule has 1 N–H and O–H groups in total. The van der Waals surface area contributed by atoms with Crippen LogP contribution in [-0.2, 0) is 11.3 Å². The predicted octanol–water partition coefficient (Wildman–Crippen LogP) is 3.12. The molecule has 6 heteroatoms. The van der Waals surface area contributed by atoms with Gasteiger partial charge >= 0.3 is 5.97 Å². The van der Waals surface area contributed by atoms with Crippen LogP contribution in [0, 0.1) is 18.7 Å². The Kier molecular flexibility index (Phi) is 4.43. The number of hydrogen-bond acceptors (Lipinski definition) is 3. The molecule has 0 bridgehead atoms. The molecular formula is C17H19FN2O3. The molecule has 0 unspecified atom stereocenters. The summed E-state index contributed by atoms with van der Waals surface area (Å²) in [6.07, 6.45) is 5.37. The van der Waals surface area contributed by atoms with Gasteiger partial charge in [0.05, 0.1) is 11.8 Å². The van der Waals surface area contributed by atoms with E-state index in [4.69, 9.17) is 4.74 Å². The first-order valence-corrected chi connectivity index (χ1v) is 7.68. The number of carboxylic acids is 1. The lowest BCUT2D eigenvalue weighted by Gasteiger charge is -2.21. The molecule has 122 valence electrons. The molecule has 1 aromatic heterocycles. The molecule has 0 atom stereocenters. The van der Waals surface area contributed by atoms with Gasteiger partial charge in [0.2, 0.25) is 0 Å². The Morgan fingerprint density at radius 2 is 2.17 bits per heavy atom. The first kappa shape index (κ1) is 15.7. The van der Waals surface area contributed by atoms with Crippen LogP contribution in [0.1, 0.15) is 28.8 Å². The topological polar surface area (TPSA) is 64.3 Å². The molecule has 1 aliphatic rings. The lowest BCUT2D eigenvalue weighted by Crippen LogP contribution is -2.20. The minimum absolute atomic E-state index is 0.0921. The molecule has 0 radical (unpaired) electrons. The van der Waals surface area contributed by atoms with Crippen LogP contribution in [0.4, 0.5) is 4.39 Å². The third-order valence-corrected chi connectivity index (χ3v) is 4.26. The van der Waals surface area contributed by atoms with Gasteiger partial charge in [0.15, 0.2) is 0 Å². The zero-order valence-electron chi connectivity index (χ0n) is 13.0. The number of aryl methyl sites for hydroxylation is 1. The summed E-state index contributed by atoms with van der Waals surface area (Å²) in [4.78, 5) is 11.4. The van der Waals surface area contributed by atoms with Gasteiger partial charge in [-0.2, -0.15) is 5.10 Å². The zero-order valence-corrected chi connectivity index (χ0v) is 13.0. The summed E-state index contributed by atoms with van der Waals surface area (Å²) in [7, 11) is 0. The average Bonchev–Trinajstić information content (AvgIpc) is 2.98. The van der Waals surface area contributed by atoms with E-state index in [9.17, 15) is 14.3 Å². The maximum atomic E-state index is 13.9. The maximum absolute atomic E-state index is 13.9. The van der Waals surface area contributed by atoms with Gasteiger partial charge in [-0.15, -0.1) is 0 Å². The fraction of sp³-hybridized carbons (Fsp3) is 0.412. The molecule has 0 amide bonds. The number of aromatic carboxylic acids is 1. The van der Waals surface area contributed by atoms with E-state index in [-0.39, 0.29) is 5.56 Å². The highest BCUT2D eigenvalue weighted by Gasteiger charge is 2.18. The van der Waals surface area contributed by atoms with Crippen LogP contribution in [-0.4, -0.2) is 34.1 Å². The van der Waals surface area contributed by atoms with Crippen molar-refractivity contribution in [1.29, 1.82) is 0 Å². The molecule has 0 spiro atoms. The van der Waals surface area contributed by atoms with Crippen LogP contribution >= 0.6 is 0 Å². The lowest BCUT2D eigenvalue weighted by atomic mass is 9.99. The van der Waals surface area contributed by atoms with E-state index in [0.717, 1.165) is 32.6 Å². The van der Waals surface area contributed by atoms with E-state index >= 15 is 0 Å². The van der Waals surface area contributed by atoms with E-state index in [0.29, 0.717) is 22.6 Å². The first-order chi connectivity index (χ1) is 11.0. The van der Waals surface area contributed by atoms with Crippen molar-refractivity contribution in [2.45, 2.75) is 26.3 Å². The van der Waals surface area contributed by atoms with Crippen molar-refractivity contribution in [3.8, 4) is 11.1 Å². The Balaban J connectivity index is 1.87. The van der Waals surface area contributed by atoms with Gasteiger partial charge in [0, 0.05) is 37.1 Å². The molecule has 1 saturated heterocycles. The first-order valence-electron chi connectivity index (χ1n) is 7.68. The van der Waals surface area contributed by atoms with E-state index in [1.165, 1.54) is 12.1 Å². The second-order valence-corrected chi connectivity index (χ2v) is 5.96. The molecule has 23 heavy (non-hydrogen) atoms. The van der Waals surface area contributed by atoms with Gasteiger partial charge in [0.1, 0.15) is 5.82 Å². The highest BCUT2D eigenvalue weighted by molar-refractivity contribution is 5.96. The molecule has 1 aromatic carbocycles. The van der Waals surface area contributed by atoms with Crippen molar-refractivity contribution in [3.05, 3.63) is 41.5 Å². The molecular weight excluding hydrogens is 299 g/mol. The number of carbonyl (C=O) groups is 1. The van der Waals surface area contributed by atoms with Gasteiger partial charge in [-0.3, -0.25) is 4.68 Å². The highest BCUT2D eigenvalue weighted by Crippen LogP contribution is 2.27. The second kappa shape index (κ2) is 6.50. The normalized spacial score (nSPS) is 15.7. The monoisotopic (exact) mass is 318 g/mol. The largest absolute Gasteiger partial charge is 0.478 e. The minimum atomic E-state index is -1.07. The Hall–Kier alpha value is -2.21. The summed E-state index contributed by atoms with van der Waals surface area (Å²) in [6.45, 7) is 3.86. The van der Waals surface area contributed by atoms with Crippen molar-refractivity contribution in [3.63, 3.8) is 0 Å². The third-order valence-electron chi connectivity index (χ3n) is 4.26. The summed E-state index contributed by atoms with van der Waals surface area (Å²) in [5, 5.41) is 13.6. The summed E-state index contributed by atoms with van der Waals surface area (Å²) in [6, 6.07) is 2.64. The summed E-state index contributed by atoms with van der Waals surface area (Å²) >= 11 is 0. The quantitative estimate of drug-likeness (QED) is 0.940. The summed E-state index contributed by atoms with van der Waals surface area (Å²) in [5.74, 6) is -0.979. The fourth-order valence-corrected chi connectivity index (χ4v) is 2.89. The number of benzene rings is 1. The van der Waals surface area contributed by atoms with Gasteiger partial charge < -0.3 is 9.84 Å². The van der Waals surface area contributed by atoms with Gasteiger partial charge in [-0.05, 0) is 43.4 Å². The van der Waals surface area contributed by atoms with E-state index < -0.39 is 11.8 Å². The number of aromatic nitrogens is 2. The molecule has 1 aliphatic heterocycles. The standard InChI is InChI=1S/C17H19FN2O3/c1-11-6-15(17(21)22)14(7-16(11)18)13-8-19-20(10-13)9-12-2-4-23-5-3-12/h6-8,10,12H,2-5,9H2,1H3,(H,21,22). The zero-order chi connectivity index (χ0) is 16.4. The van der Waals surface area contributed by atoms with Gasteiger partial charge in [-0.25, -0.2) is 9.18 Å². The van der Waals surface area contributed by atoms with Crippen molar-refractivity contribution in [2.24, 2.45) is 5.92 Å². The van der Waals surface area contributed by atoms with E-state index in [1.54, 1.807) is 24.0 Å². The predicted molar refractivity (Wildman–Crippen MR) is 82.9 cm³/mol. The van der Waals surface area contributed by atoms with Crippen molar-refractivity contribution in [1.82, 2.24) is 9.78 Å². The summed E-state index contributed by atoms with van der Waals surface area (Å²) in [5.41, 5.74) is 1.39. The van der Waals surface area contributed by atoms with Gasteiger partial charge in [-0.1, -0.05) is 0 Å². The Bertz CT molecular complexity index is 721. The number of halogens is 1. The van der Waals surface area contributed by atoms with Crippen molar-refractivity contribution < 1.29 is 19.0 Å². The minimum Gasteiger partial charge on any atom is -0.478 e. The maximum Gasteiger partial charge on any atom is 0.336 e. The molecule has 2 heterocycles. The van der Waals surface area contributed by atoms with Crippen LogP contribution in [0.2, 0.25) is 0 Å². The second-order valence-electron chi connectivity index (χ2n) is 5.96. The van der Waals surface area contributed by atoms with Gasteiger partial charge in [0.25, 0.3) is 0 Å². The summed E-state index contributed by atoms with van der Waals surface area (Å²) < 4.78 is 21.0. The third kappa shape index (κ3) is 3.42. The van der Waals surface area contributed by atoms with Crippen molar-refractivity contribution in [2.75, 3.05) is 13.2 Å². The molecule has 1 fully saturated rings. The lowest BCUT2D eigenvalue weighted by molar-refractivity contribution is 0.0601. The van der Waals surface area contributed by atoms with Crippen molar-refractivity contribution >= 4 is 5.97 Å². The SMILES string of the molecule is Cc1cc(C(=O)O)c(-c2cnn(CC3CCOCC3)c2)cc1F. The Labute approximate surface area is 133 Å². The van der Waals surface area contributed by atoms with E-state index in [1.807, 2.05) is 0 Å². The van der Waals surface area contributed by atoms with Crippen LogP contribution in [0.5, 0.6) is 0 Å². The number of ether oxygens (including phenoxy) is 1. The smallest absolute Gasteiger partial charge is 0.336 e. The number of nitrogens with zero attached hydrogens (tertiary/aromatic N) is 2. The van der Waals surface area contributed by atoms with E-state index in [2.05, 4.69) is 5.10 Å². The number of hydrogen-bond donors (Lipinski definition) is 1. The molecule has 0 saturated carbocycles. The molecule has 0 aliphatic carbocycles. The highest BCUT2D eigenvalue weighted by atomic mass is 19.1. The van der Waals surface area contributed by atoms with Crippen LogP contribution in [0.25, 0.3) is 11.1 Å². The van der Waals surface area contributed by atoms with Crippen LogP contribution in [0.15, 0.2) is 24.5 Å². The number of rotatable bonds is 4. The Morgan fingerprint density at radius 3 is 2.87 bits per heavy atom. The van der Waals surface area contributed by atoms with Crippen LogP contribution < -0.4 is 0 Å².